The maximum Gasteiger partial charge on any atom is 0.0238 e. The Morgan fingerprint density at radius 1 is 1.22 bits per heavy atom. The molecule has 2 heteroatoms. The van der Waals surface area contributed by atoms with Crippen molar-refractivity contribution in [3.05, 3.63) is 35.4 Å². The molecule has 0 bridgehead atoms. The van der Waals surface area contributed by atoms with E-state index in [1.807, 2.05) is 0 Å². The lowest BCUT2D eigenvalue weighted by Gasteiger charge is -2.41. The molecule has 1 aliphatic heterocycles. The van der Waals surface area contributed by atoms with Crippen LogP contribution in [0.4, 0.5) is 0 Å². The van der Waals surface area contributed by atoms with E-state index in [9.17, 15) is 0 Å². The highest BCUT2D eigenvalue weighted by Crippen LogP contribution is 2.36. The fraction of sp³-hybridized carbons (Fsp3) is 0.625. The van der Waals surface area contributed by atoms with Crippen molar-refractivity contribution in [2.75, 3.05) is 19.0 Å². The zero-order valence-corrected chi connectivity index (χ0v) is 11.7. The lowest BCUT2D eigenvalue weighted by Crippen LogP contribution is -2.43. The molecule has 1 fully saturated rings. The SMILES string of the molecule is ClCCC1CCCCN1CC1Cc2ccccc21. The third-order valence-corrected chi connectivity index (χ3v) is 4.83. The number of hydrogen-bond acceptors (Lipinski definition) is 1. The quantitative estimate of drug-likeness (QED) is 0.747. The molecule has 0 amide bonds. The first-order valence-electron chi connectivity index (χ1n) is 7.26. The minimum Gasteiger partial charge on any atom is -0.300 e. The number of alkyl halides is 1. The molecule has 2 atom stereocenters. The van der Waals surface area contributed by atoms with Crippen molar-refractivity contribution in [2.45, 2.75) is 44.1 Å². The van der Waals surface area contributed by atoms with E-state index in [1.54, 1.807) is 11.1 Å². The van der Waals surface area contributed by atoms with Gasteiger partial charge in [-0.05, 0) is 43.4 Å². The van der Waals surface area contributed by atoms with Gasteiger partial charge >= 0.3 is 0 Å². The zero-order valence-electron chi connectivity index (χ0n) is 10.9. The molecule has 2 aliphatic rings. The second kappa shape index (κ2) is 5.63. The normalized spacial score (nSPS) is 27.6. The predicted molar refractivity (Wildman–Crippen MR) is 77.4 cm³/mol. The van der Waals surface area contributed by atoms with Gasteiger partial charge in [0.25, 0.3) is 0 Å². The Balaban J connectivity index is 1.62. The smallest absolute Gasteiger partial charge is 0.0238 e. The van der Waals surface area contributed by atoms with Crippen molar-refractivity contribution in [3.63, 3.8) is 0 Å². The number of nitrogens with zero attached hydrogens (tertiary/aromatic N) is 1. The van der Waals surface area contributed by atoms with Gasteiger partial charge in [0, 0.05) is 24.4 Å². The number of rotatable bonds is 4. The van der Waals surface area contributed by atoms with Crippen LogP contribution in [0.1, 0.15) is 42.7 Å². The largest absolute Gasteiger partial charge is 0.300 e. The molecule has 0 radical (unpaired) electrons. The number of piperidine rings is 1. The minimum absolute atomic E-state index is 0.740. The van der Waals surface area contributed by atoms with Gasteiger partial charge in [-0.25, -0.2) is 0 Å². The Morgan fingerprint density at radius 3 is 2.94 bits per heavy atom. The Morgan fingerprint density at radius 2 is 2.11 bits per heavy atom. The van der Waals surface area contributed by atoms with Gasteiger partial charge in [-0.3, -0.25) is 4.90 Å². The van der Waals surface area contributed by atoms with Crippen molar-refractivity contribution >= 4 is 11.6 Å². The topological polar surface area (TPSA) is 3.24 Å². The van der Waals surface area contributed by atoms with E-state index >= 15 is 0 Å². The second-order valence-electron chi connectivity index (χ2n) is 5.72. The van der Waals surface area contributed by atoms with Crippen LogP contribution in [0.25, 0.3) is 0 Å². The standard InChI is InChI=1S/C16H22ClN/c17-9-8-15-6-3-4-10-18(15)12-14-11-13-5-1-2-7-16(13)14/h1-2,5,7,14-15H,3-4,6,8-12H2. The molecule has 1 heterocycles. The molecular formula is C16H22ClN. The Bertz CT molecular complexity index is 402. The average molecular weight is 264 g/mol. The summed E-state index contributed by atoms with van der Waals surface area (Å²) in [6.45, 7) is 2.53. The third kappa shape index (κ3) is 2.44. The van der Waals surface area contributed by atoms with Gasteiger partial charge in [-0.2, -0.15) is 0 Å². The van der Waals surface area contributed by atoms with Gasteiger partial charge < -0.3 is 0 Å². The van der Waals surface area contributed by atoms with Gasteiger partial charge in [0.15, 0.2) is 0 Å². The fourth-order valence-electron chi connectivity index (χ4n) is 3.56. The summed E-state index contributed by atoms with van der Waals surface area (Å²) in [6, 6.07) is 9.66. The van der Waals surface area contributed by atoms with E-state index in [-0.39, 0.29) is 0 Å². The highest BCUT2D eigenvalue weighted by Gasteiger charge is 2.30. The van der Waals surface area contributed by atoms with Gasteiger partial charge in [0.05, 0.1) is 0 Å². The number of hydrogen-bond donors (Lipinski definition) is 0. The molecule has 0 N–H and O–H groups in total. The van der Waals surface area contributed by atoms with Crippen LogP contribution in [0.2, 0.25) is 0 Å². The van der Waals surface area contributed by atoms with Gasteiger partial charge in [-0.1, -0.05) is 30.7 Å². The highest BCUT2D eigenvalue weighted by atomic mass is 35.5. The van der Waals surface area contributed by atoms with Gasteiger partial charge in [-0.15, -0.1) is 11.6 Å². The summed E-state index contributed by atoms with van der Waals surface area (Å²) in [5, 5.41) is 0. The third-order valence-electron chi connectivity index (χ3n) is 4.61. The van der Waals surface area contributed by atoms with Crippen molar-refractivity contribution in [2.24, 2.45) is 0 Å². The number of fused-ring (bicyclic) bond motifs is 1. The second-order valence-corrected chi connectivity index (χ2v) is 6.10. The maximum atomic E-state index is 5.94. The molecule has 1 aliphatic carbocycles. The summed E-state index contributed by atoms with van der Waals surface area (Å²) in [6.07, 6.45) is 6.55. The van der Waals surface area contributed by atoms with Gasteiger partial charge in [0.1, 0.15) is 0 Å². The van der Waals surface area contributed by atoms with Crippen LogP contribution in [-0.2, 0) is 6.42 Å². The number of likely N-dealkylation sites (tertiary alicyclic amines) is 1. The first kappa shape index (κ1) is 12.5. The molecule has 98 valence electrons. The molecular weight excluding hydrogens is 242 g/mol. The highest BCUT2D eigenvalue weighted by molar-refractivity contribution is 6.17. The zero-order chi connectivity index (χ0) is 12.4. The van der Waals surface area contributed by atoms with Crippen molar-refractivity contribution in [1.29, 1.82) is 0 Å². The molecule has 1 nitrogen and oxygen atoms in total. The molecule has 1 aromatic carbocycles. The van der Waals surface area contributed by atoms with Crippen LogP contribution in [0.3, 0.4) is 0 Å². The molecule has 0 saturated carbocycles. The lowest BCUT2D eigenvalue weighted by molar-refractivity contribution is 0.132. The van der Waals surface area contributed by atoms with E-state index in [2.05, 4.69) is 29.2 Å². The molecule has 18 heavy (non-hydrogen) atoms. The van der Waals surface area contributed by atoms with Crippen LogP contribution >= 0.6 is 11.6 Å². The maximum absolute atomic E-state index is 5.94. The summed E-state index contributed by atoms with van der Waals surface area (Å²) >= 11 is 5.94. The first-order valence-corrected chi connectivity index (χ1v) is 7.80. The molecule has 1 saturated heterocycles. The van der Waals surface area contributed by atoms with E-state index < -0.39 is 0 Å². The van der Waals surface area contributed by atoms with E-state index in [0.29, 0.717) is 0 Å². The number of benzene rings is 1. The summed E-state index contributed by atoms with van der Waals surface area (Å²) in [7, 11) is 0. The number of halogens is 1. The van der Waals surface area contributed by atoms with Crippen molar-refractivity contribution in [3.8, 4) is 0 Å². The van der Waals surface area contributed by atoms with E-state index in [4.69, 9.17) is 11.6 Å². The van der Waals surface area contributed by atoms with E-state index in [1.165, 1.54) is 38.8 Å². The summed E-state index contributed by atoms with van der Waals surface area (Å²) < 4.78 is 0. The molecule has 1 aromatic rings. The Kier molecular flexibility index (Phi) is 3.91. The summed E-state index contributed by atoms with van der Waals surface area (Å²) in [5.41, 5.74) is 3.15. The first-order chi connectivity index (χ1) is 8.88. The molecule has 0 aromatic heterocycles. The molecule has 0 spiro atoms. The summed E-state index contributed by atoms with van der Waals surface area (Å²) in [4.78, 5) is 2.70. The van der Waals surface area contributed by atoms with Crippen molar-refractivity contribution in [1.82, 2.24) is 4.90 Å². The fourth-order valence-corrected chi connectivity index (χ4v) is 3.81. The van der Waals surface area contributed by atoms with Crippen LogP contribution in [0.15, 0.2) is 24.3 Å². The minimum atomic E-state index is 0.740. The monoisotopic (exact) mass is 263 g/mol. The van der Waals surface area contributed by atoms with Crippen LogP contribution < -0.4 is 0 Å². The molecule has 2 unspecified atom stereocenters. The van der Waals surface area contributed by atoms with E-state index in [0.717, 1.165) is 24.3 Å². The Hall–Kier alpha value is -0.530. The predicted octanol–water partition coefficient (Wildman–Crippen LogP) is 3.81. The molecule has 3 rings (SSSR count). The lowest BCUT2D eigenvalue weighted by atomic mass is 9.77. The van der Waals surface area contributed by atoms with Crippen LogP contribution in [-0.4, -0.2) is 29.9 Å². The van der Waals surface area contributed by atoms with Crippen LogP contribution in [0.5, 0.6) is 0 Å². The van der Waals surface area contributed by atoms with Gasteiger partial charge in [0.2, 0.25) is 0 Å². The average Bonchev–Trinajstić information content (AvgIpc) is 2.38. The Labute approximate surface area is 115 Å². The summed E-state index contributed by atoms with van der Waals surface area (Å²) in [5.74, 6) is 1.58. The van der Waals surface area contributed by atoms with Crippen molar-refractivity contribution < 1.29 is 0 Å². The van der Waals surface area contributed by atoms with Crippen LogP contribution in [0, 0.1) is 0 Å².